The molecule has 1 rings (SSSR count). The first kappa shape index (κ1) is 20.9. The number of carbonyl (C=O) groups is 4. The van der Waals surface area contributed by atoms with Crippen molar-refractivity contribution in [2.24, 2.45) is 35.5 Å². The molecular weight excluding hydrogens is 332 g/mol. The maximum Gasteiger partial charge on any atom is 0.317 e. The number of rotatable bonds is 8. The molecule has 8 nitrogen and oxygen atoms in total. The minimum atomic E-state index is -1.58. The normalized spacial score (nSPS) is 27.0. The van der Waals surface area contributed by atoms with E-state index in [1.54, 1.807) is 0 Å². The fourth-order valence-corrected chi connectivity index (χ4v) is 3.92. The van der Waals surface area contributed by atoms with E-state index in [9.17, 15) is 29.4 Å². The van der Waals surface area contributed by atoms with E-state index in [2.05, 4.69) is 0 Å². The Morgan fingerprint density at radius 2 is 1.24 bits per heavy atom. The fraction of sp³-hybridized carbons (Fsp3) is 0.765. The fourth-order valence-electron chi connectivity index (χ4n) is 3.92. The molecule has 0 bridgehead atoms. The Morgan fingerprint density at radius 1 is 0.800 bits per heavy atom. The van der Waals surface area contributed by atoms with E-state index >= 15 is 0 Å². The van der Waals surface area contributed by atoms with E-state index in [4.69, 9.17) is 10.2 Å². The summed E-state index contributed by atoms with van der Waals surface area (Å²) in [5, 5.41) is 36.6. The molecule has 1 aliphatic carbocycles. The molecule has 0 aliphatic heterocycles. The molecule has 0 aromatic heterocycles. The molecule has 4 atom stereocenters. The van der Waals surface area contributed by atoms with Crippen LogP contribution in [0.25, 0.3) is 0 Å². The Kier molecular flexibility index (Phi) is 7.38. The van der Waals surface area contributed by atoms with Crippen LogP contribution in [0.15, 0.2) is 0 Å². The van der Waals surface area contributed by atoms with Gasteiger partial charge in [0.2, 0.25) is 0 Å². The van der Waals surface area contributed by atoms with E-state index in [0.717, 1.165) is 12.8 Å². The first-order valence-corrected chi connectivity index (χ1v) is 8.47. The standard InChI is InChI=1S/C17H26O8/c1-8-4-3-5-10(6-12(14(18)19)15(20)21)11(9(8)2)7-13(16(22)23)17(24)25/h8-13H,3-7H2,1-2H3,(H,18,19)(H,20,21)(H,22,23)(H,24,25). The third-order valence-corrected chi connectivity index (χ3v) is 5.65. The van der Waals surface area contributed by atoms with Crippen LogP contribution >= 0.6 is 0 Å². The van der Waals surface area contributed by atoms with Gasteiger partial charge in [0.05, 0.1) is 0 Å². The van der Waals surface area contributed by atoms with Crippen molar-refractivity contribution in [2.45, 2.75) is 46.0 Å². The molecule has 1 fully saturated rings. The second-order valence-corrected chi connectivity index (χ2v) is 7.12. The maximum atomic E-state index is 11.3. The van der Waals surface area contributed by atoms with Gasteiger partial charge >= 0.3 is 23.9 Å². The summed E-state index contributed by atoms with van der Waals surface area (Å²) in [5.41, 5.74) is 0. The van der Waals surface area contributed by atoms with Crippen molar-refractivity contribution < 1.29 is 39.6 Å². The third-order valence-electron chi connectivity index (χ3n) is 5.65. The Balaban J connectivity index is 3.11. The number of carboxylic acid groups (broad SMARTS) is 4. The zero-order valence-corrected chi connectivity index (χ0v) is 14.4. The van der Waals surface area contributed by atoms with Crippen molar-refractivity contribution in [2.75, 3.05) is 0 Å². The molecule has 0 saturated heterocycles. The Bertz CT molecular complexity index is 501. The highest BCUT2D eigenvalue weighted by Gasteiger charge is 2.41. The van der Waals surface area contributed by atoms with Gasteiger partial charge in [0, 0.05) is 0 Å². The van der Waals surface area contributed by atoms with Crippen LogP contribution < -0.4 is 0 Å². The van der Waals surface area contributed by atoms with Crippen LogP contribution in [0.4, 0.5) is 0 Å². The van der Waals surface area contributed by atoms with Crippen LogP contribution in [0.3, 0.4) is 0 Å². The van der Waals surface area contributed by atoms with Gasteiger partial charge in [0.25, 0.3) is 0 Å². The Morgan fingerprint density at radius 3 is 1.68 bits per heavy atom. The summed E-state index contributed by atoms with van der Waals surface area (Å²) >= 11 is 0. The monoisotopic (exact) mass is 358 g/mol. The van der Waals surface area contributed by atoms with Crippen LogP contribution in [0.2, 0.25) is 0 Å². The third kappa shape index (κ3) is 5.44. The summed E-state index contributed by atoms with van der Waals surface area (Å²) in [4.78, 5) is 45.0. The zero-order valence-electron chi connectivity index (χ0n) is 14.4. The molecule has 1 aliphatic rings. The summed E-state index contributed by atoms with van der Waals surface area (Å²) in [6, 6.07) is 0. The van der Waals surface area contributed by atoms with Crippen molar-refractivity contribution >= 4 is 23.9 Å². The number of hydrogen-bond donors (Lipinski definition) is 4. The zero-order chi connectivity index (χ0) is 19.3. The van der Waals surface area contributed by atoms with Crippen LogP contribution in [0.1, 0.15) is 46.0 Å². The second kappa shape index (κ2) is 8.82. The molecule has 142 valence electrons. The lowest BCUT2D eigenvalue weighted by molar-refractivity contribution is -0.159. The van der Waals surface area contributed by atoms with Gasteiger partial charge in [-0.05, 0) is 36.5 Å². The van der Waals surface area contributed by atoms with Gasteiger partial charge in [0.1, 0.15) is 0 Å². The molecule has 4 N–H and O–H groups in total. The van der Waals surface area contributed by atoms with Gasteiger partial charge in [-0.3, -0.25) is 19.2 Å². The average molecular weight is 358 g/mol. The second-order valence-electron chi connectivity index (χ2n) is 7.12. The summed E-state index contributed by atoms with van der Waals surface area (Å²) in [5.74, 6) is -9.33. The minimum absolute atomic E-state index is 0.0167. The Labute approximate surface area is 145 Å². The predicted octanol–water partition coefficient (Wildman–Crippen LogP) is 2.03. The van der Waals surface area contributed by atoms with Crippen molar-refractivity contribution in [1.82, 2.24) is 0 Å². The number of aliphatic carboxylic acids is 4. The van der Waals surface area contributed by atoms with E-state index in [1.165, 1.54) is 0 Å². The predicted molar refractivity (Wildman–Crippen MR) is 85.9 cm³/mol. The maximum absolute atomic E-state index is 11.3. The van der Waals surface area contributed by atoms with Gasteiger partial charge in [-0.1, -0.05) is 33.1 Å². The summed E-state index contributed by atoms with van der Waals surface area (Å²) < 4.78 is 0. The average Bonchev–Trinajstić information content (AvgIpc) is 2.61. The lowest BCUT2D eigenvalue weighted by atomic mass is 9.70. The SMILES string of the molecule is CC1CCCC(CC(C(=O)O)C(=O)O)C(CC(C(=O)O)C(=O)O)C1C. The molecule has 1 saturated carbocycles. The number of hydrogen-bond acceptors (Lipinski definition) is 4. The molecule has 0 heterocycles. The van der Waals surface area contributed by atoms with Gasteiger partial charge in [-0.2, -0.15) is 0 Å². The van der Waals surface area contributed by atoms with Crippen LogP contribution in [0.5, 0.6) is 0 Å². The van der Waals surface area contributed by atoms with E-state index in [-0.39, 0.29) is 36.5 Å². The first-order chi connectivity index (χ1) is 11.6. The molecule has 0 aromatic rings. The summed E-state index contributed by atoms with van der Waals surface area (Å²) in [6.07, 6.45) is 1.99. The van der Waals surface area contributed by atoms with Crippen LogP contribution in [-0.2, 0) is 19.2 Å². The van der Waals surface area contributed by atoms with Gasteiger partial charge in [0.15, 0.2) is 11.8 Å². The van der Waals surface area contributed by atoms with Gasteiger partial charge in [-0.25, -0.2) is 0 Å². The first-order valence-electron chi connectivity index (χ1n) is 8.47. The summed E-state index contributed by atoms with van der Waals surface area (Å²) in [6.45, 7) is 3.91. The minimum Gasteiger partial charge on any atom is -0.481 e. The highest BCUT2D eigenvalue weighted by atomic mass is 16.4. The van der Waals surface area contributed by atoms with Crippen LogP contribution in [-0.4, -0.2) is 44.3 Å². The van der Waals surface area contributed by atoms with Crippen molar-refractivity contribution in [3.8, 4) is 0 Å². The quantitative estimate of drug-likeness (QED) is 0.380. The molecule has 0 spiro atoms. The highest BCUT2D eigenvalue weighted by Crippen LogP contribution is 2.43. The lowest BCUT2D eigenvalue weighted by Gasteiger charge is -2.34. The van der Waals surface area contributed by atoms with Crippen molar-refractivity contribution in [3.63, 3.8) is 0 Å². The molecule has 8 heteroatoms. The number of carboxylic acids is 4. The van der Waals surface area contributed by atoms with E-state index < -0.39 is 35.7 Å². The molecular formula is C17H26O8. The summed E-state index contributed by atoms with van der Waals surface area (Å²) in [7, 11) is 0. The van der Waals surface area contributed by atoms with Gasteiger partial charge < -0.3 is 20.4 Å². The largest absolute Gasteiger partial charge is 0.481 e. The molecule has 0 radical (unpaired) electrons. The smallest absolute Gasteiger partial charge is 0.317 e. The molecule has 0 amide bonds. The van der Waals surface area contributed by atoms with Crippen LogP contribution in [0, 0.1) is 35.5 Å². The van der Waals surface area contributed by atoms with E-state index in [0.29, 0.717) is 6.42 Å². The molecule has 25 heavy (non-hydrogen) atoms. The van der Waals surface area contributed by atoms with E-state index in [1.807, 2.05) is 13.8 Å². The Hall–Kier alpha value is -2.12. The molecule has 0 aromatic carbocycles. The topological polar surface area (TPSA) is 149 Å². The lowest BCUT2D eigenvalue weighted by Crippen LogP contribution is -2.35. The molecule has 4 unspecified atom stereocenters. The van der Waals surface area contributed by atoms with Gasteiger partial charge in [-0.15, -0.1) is 0 Å². The van der Waals surface area contributed by atoms with Crippen molar-refractivity contribution in [1.29, 1.82) is 0 Å². The van der Waals surface area contributed by atoms with Crippen molar-refractivity contribution in [3.05, 3.63) is 0 Å². The highest BCUT2D eigenvalue weighted by molar-refractivity contribution is 5.93.